The monoisotopic (exact) mass is 496 g/mol. The maximum absolute atomic E-state index is 13.5. The van der Waals surface area contributed by atoms with E-state index in [4.69, 9.17) is 14.7 Å². The first-order valence-corrected chi connectivity index (χ1v) is 12.2. The number of amides is 1. The minimum Gasteiger partial charge on any atom is -0.383 e. The maximum Gasteiger partial charge on any atom is 0.274 e. The van der Waals surface area contributed by atoms with Gasteiger partial charge in [0.1, 0.15) is 16.5 Å². The Balaban J connectivity index is 1.50. The van der Waals surface area contributed by atoms with Gasteiger partial charge in [-0.1, -0.05) is 42.5 Å². The number of nitrogens with zero attached hydrogens (tertiary/aromatic N) is 5. The van der Waals surface area contributed by atoms with Gasteiger partial charge in [0.2, 0.25) is 0 Å². The number of nitrogens with one attached hydrogen (secondary N) is 1. The largest absolute Gasteiger partial charge is 0.383 e. The van der Waals surface area contributed by atoms with Gasteiger partial charge in [-0.25, -0.2) is 15.0 Å². The Hall–Kier alpha value is -4.21. The van der Waals surface area contributed by atoms with Crippen molar-refractivity contribution >= 4 is 39.0 Å². The molecular formula is C27H24N6O2S. The molecule has 3 heterocycles. The molecule has 0 fully saturated rings. The highest BCUT2D eigenvalue weighted by atomic mass is 32.1. The topological polar surface area (TPSA) is 93.1 Å². The molecule has 0 radical (unpaired) electrons. The smallest absolute Gasteiger partial charge is 0.274 e. The highest BCUT2D eigenvalue weighted by molar-refractivity contribution is 7.21. The van der Waals surface area contributed by atoms with Crippen LogP contribution >= 0.6 is 11.3 Å². The Labute approximate surface area is 212 Å². The highest BCUT2D eigenvalue weighted by Gasteiger charge is 2.18. The second kappa shape index (κ2) is 10.6. The third-order valence-corrected chi connectivity index (χ3v) is 6.64. The molecule has 1 amide bonds. The molecule has 0 saturated carbocycles. The summed E-state index contributed by atoms with van der Waals surface area (Å²) in [6, 6.07) is 20.8. The van der Waals surface area contributed by atoms with E-state index >= 15 is 0 Å². The fourth-order valence-electron chi connectivity index (χ4n) is 3.67. The molecule has 3 aromatic heterocycles. The van der Waals surface area contributed by atoms with Crippen molar-refractivity contribution in [2.24, 2.45) is 0 Å². The van der Waals surface area contributed by atoms with Gasteiger partial charge in [0.05, 0.1) is 22.5 Å². The van der Waals surface area contributed by atoms with Crippen LogP contribution in [0.3, 0.4) is 0 Å². The Kier molecular flexibility index (Phi) is 6.92. The summed E-state index contributed by atoms with van der Waals surface area (Å²) in [6.45, 7) is 1.16. The molecule has 0 bridgehead atoms. The summed E-state index contributed by atoms with van der Waals surface area (Å²) >= 11 is 1.53. The number of methoxy groups -OCH3 is 1. The Morgan fingerprint density at radius 3 is 2.64 bits per heavy atom. The molecule has 2 aromatic carbocycles. The Bertz CT molecular complexity index is 1470. The van der Waals surface area contributed by atoms with Crippen LogP contribution in [0.15, 0.2) is 79.1 Å². The van der Waals surface area contributed by atoms with Gasteiger partial charge in [0.15, 0.2) is 5.82 Å². The van der Waals surface area contributed by atoms with Gasteiger partial charge in [-0.3, -0.25) is 9.78 Å². The molecule has 0 saturated heterocycles. The Morgan fingerprint density at radius 1 is 1.03 bits per heavy atom. The van der Waals surface area contributed by atoms with E-state index in [0.717, 1.165) is 26.4 Å². The normalized spacial score (nSPS) is 10.9. The van der Waals surface area contributed by atoms with Crippen molar-refractivity contribution in [3.63, 3.8) is 0 Å². The quantitative estimate of drug-likeness (QED) is 0.318. The summed E-state index contributed by atoms with van der Waals surface area (Å²) in [7, 11) is 3.57. The van der Waals surface area contributed by atoms with E-state index in [1.165, 1.54) is 11.3 Å². The summed E-state index contributed by atoms with van der Waals surface area (Å²) in [5.41, 5.74) is 3.46. The van der Waals surface area contributed by atoms with Gasteiger partial charge in [-0.05, 0) is 18.2 Å². The van der Waals surface area contributed by atoms with E-state index in [9.17, 15) is 4.79 Å². The van der Waals surface area contributed by atoms with Crippen molar-refractivity contribution in [1.29, 1.82) is 0 Å². The van der Waals surface area contributed by atoms with Crippen molar-refractivity contribution in [2.45, 2.75) is 0 Å². The molecule has 5 aromatic rings. The van der Waals surface area contributed by atoms with Crippen LogP contribution in [0.5, 0.6) is 0 Å². The van der Waals surface area contributed by atoms with E-state index in [1.807, 2.05) is 72.6 Å². The number of benzene rings is 2. The number of hydrogen-bond acceptors (Lipinski definition) is 8. The number of rotatable bonds is 8. The fourth-order valence-corrected chi connectivity index (χ4v) is 4.64. The average Bonchev–Trinajstić information content (AvgIpc) is 3.36. The number of anilines is 2. The summed E-state index contributed by atoms with van der Waals surface area (Å²) < 4.78 is 6.20. The number of hydrogen-bond donors (Lipinski definition) is 1. The second-order valence-electron chi connectivity index (χ2n) is 8.08. The minimum absolute atomic E-state index is 0.270. The van der Waals surface area contributed by atoms with Crippen LogP contribution in [0.25, 0.3) is 32.2 Å². The van der Waals surface area contributed by atoms with Crippen LogP contribution in [0.2, 0.25) is 0 Å². The van der Waals surface area contributed by atoms with Crippen molar-refractivity contribution in [3.05, 3.63) is 84.8 Å². The average molecular weight is 497 g/mol. The molecule has 1 N–H and O–H groups in total. The lowest BCUT2D eigenvalue weighted by Gasteiger charge is -2.19. The molecule has 0 aliphatic carbocycles. The SMILES string of the molecule is COCCN(C)c1cc(C(=O)Nc2ccccc2-c2nc3ccncc3s2)nc(-c2ccccc2)n1. The van der Waals surface area contributed by atoms with Crippen LogP contribution in [0, 0.1) is 0 Å². The number of carbonyl (C=O) groups is 1. The number of thiazole rings is 1. The number of aromatic nitrogens is 4. The van der Waals surface area contributed by atoms with Crippen LogP contribution in [-0.2, 0) is 4.74 Å². The zero-order valence-corrected chi connectivity index (χ0v) is 20.7. The lowest BCUT2D eigenvalue weighted by Crippen LogP contribution is -2.24. The first kappa shape index (κ1) is 23.5. The molecule has 0 unspecified atom stereocenters. The molecule has 8 nitrogen and oxygen atoms in total. The summed E-state index contributed by atoms with van der Waals surface area (Å²) in [6.07, 6.45) is 3.52. The van der Waals surface area contributed by atoms with E-state index in [-0.39, 0.29) is 11.6 Å². The molecule has 0 atom stereocenters. The first-order valence-electron chi connectivity index (χ1n) is 11.4. The molecule has 0 aliphatic heterocycles. The van der Waals surface area contributed by atoms with Crippen LogP contribution in [-0.4, -0.2) is 53.2 Å². The van der Waals surface area contributed by atoms with Crippen molar-refractivity contribution in [3.8, 4) is 22.0 Å². The molecule has 180 valence electrons. The lowest BCUT2D eigenvalue weighted by molar-refractivity contribution is 0.102. The maximum atomic E-state index is 13.5. The predicted octanol–water partition coefficient (Wildman–Crippen LogP) is 5.15. The van der Waals surface area contributed by atoms with Gasteiger partial charge >= 0.3 is 0 Å². The number of likely N-dealkylation sites (N-methyl/N-ethyl adjacent to an activating group) is 1. The van der Waals surface area contributed by atoms with Crippen molar-refractivity contribution < 1.29 is 9.53 Å². The van der Waals surface area contributed by atoms with E-state index in [0.29, 0.717) is 30.5 Å². The summed E-state index contributed by atoms with van der Waals surface area (Å²) in [5, 5.41) is 3.84. The van der Waals surface area contributed by atoms with Crippen molar-refractivity contribution in [1.82, 2.24) is 19.9 Å². The van der Waals surface area contributed by atoms with Crippen LogP contribution < -0.4 is 10.2 Å². The van der Waals surface area contributed by atoms with Gasteiger partial charge in [0, 0.05) is 50.3 Å². The van der Waals surface area contributed by atoms with E-state index in [1.54, 1.807) is 25.6 Å². The molecule has 9 heteroatoms. The standard InChI is InChI=1S/C27H24N6O2S/c1-33(14-15-35-2)24-16-22(29-25(32-24)18-8-4-3-5-9-18)26(34)30-20-11-7-6-10-19(20)27-31-21-12-13-28-17-23(21)36-27/h3-13,16-17H,14-15H2,1-2H3,(H,30,34). The first-order chi connectivity index (χ1) is 17.6. The molecular weight excluding hydrogens is 472 g/mol. The van der Waals surface area contributed by atoms with Crippen LogP contribution in [0.1, 0.15) is 10.5 Å². The van der Waals surface area contributed by atoms with E-state index in [2.05, 4.69) is 15.3 Å². The molecule has 5 rings (SSSR count). The number of pyridine rings is 1. The number of para-hydroxylation sites is 1. The van der Waals surface area contributed by atoms with Gasteiger partial charge < -0.3 is 15.0 Å². The lowest BCUT2D eigenvalue weighted by atomic mass is 10.1. The number of carbonyl (C=O) groups excluding carboxylic acids is 1. The third-order valence-electron chi connectivity index (χ3n) is 5.60. The zero-order chi connectivity index (χ0) is 24.9. The van der Waals surface area contributed by atoms with E-state index < -0.39 is 0 Å². The predicted molar refractivity (Wildman–Crippen MR) is 143 cm³/mol. The minimum atomic E-state index is -0.328. The van der Waals surface area contributed by atoms with Gasteiger partial charge in [-0.2, -0.15) is 0 Å². The summed E-state index contributed by atoms with van der Waals surface area (Å²) in [5.74, 6) is 0.790. The summed E-state index contributed by atoms with van der Waals surface area (Å²) in [4.78, 5) is 33.6. The van der Waals surface area contributed by atoms with Crippen LogP contribution in [0.4, 0.5) is 11.5 Å². The number of fused-ring (bicyclic) bond motifs is 1. The molecule has 36 heavy (non-hydrogen) atoms. The van der Waals surface area contributed by atoms with Gasteiger partial charge in [0.25, 0.3) is 5.91 Å². The van der Waals surface area contributed by atoms with Crippen molar-refractivity contribution in [2.75, 3.05) is 37.5 Å². The molecule has 0 aliphatic rings. The van der Waals surface area contributed by atoms with Gasteiger partial charge in [-0.15, -0.1) is 11.3 Å². The second-order valence-corrected chi connectivity index (χ2v) is 9.11. The zero-order valence-electron chi connectivity index (χ0n) is 19.9. The fraction of sp³-hybridized carbons (Fsp3) is 0.148. The Morgan fingerprint density at radius 2 is 1.83 bits per heavy atom. The highest BCUT2D eigenvalue weighted by Crippen LogP contribution is 2.34. The number of ether oxygens (including phenoxy) is 1. The third kappa shape index (κ3) is 5.07. The molecule has 0 spiro atoms.